The molecule has 2 fully saturated rings. The summed E-state index contributed by atoms with van der Waals surface area (Å²) in [6.07, 6.45) is -17.5. The van der Waals surface area contributed by atoms with Gasteiger partial charge in [-0.2, -0.15) is 0 Å². The third-order valence-electron chi connectivity index (χ3n) is 5.87. The second-order valence-corrected chi connectivity index (χ2v) is 9.64. The largest absolute Gasteiger partial charge is 0.463 e. The minimum Gasteiger partial charge on any atom is -0.463 e. The molecule has 0 spiro atoms. The van der Waals surface area contributed by atoms with Crippen LogP contribution >= 0.6 is 0 Å². The van der Waals surface area contributed by atoms with Gasteiger partial charge in [0.1, 0.15) is 31.5 Å². The second kappa shape index (κ2) is 16.2. The summed E-state index contributed by atoms with van der Waals surface area (Å²) in [5.74, 6) is -6.27. The molecule has 248 valence electrons. The quantitative estimate of drug-likeness (QED) is 0.207. The molecule has 0 aromatic rings. The van der Waals surface area contributed by atoms with E-state index >= 15 is 4.39 Å². The SMILES string of the molecule is CC(=O)OCC1OC(F)[C@@H](OC(C)=O)C(OC(C)=O)[C@@H]1O[C@@H]1OC(COC(C)=O)[C@@H](OC(C)=O)C(OC(C)=O)[C@@H]1OC(C)=O. The van der Waals surface area contributed by atoms with E-state index in [1.54, 1.807) is 0 Å². The van der Waals surface area contributed by atoms with Gasteiger partial charge in [-0.1, -0.05) is 0 Å². The van der Waals surface area contributed by atoms with Crippen LogP contribution in [0.3, 0.4) is 0 Å². The molecule has 2 aliphatic heterocycles. The minimum atomic E-state index is -2.40. The van der Waals surface area contributed by atoms with E-state index in [1.165, 1.54) is 0 Å². The van der Waals surface area contributed by atoms with Crippen molar-refractivity contribution in [2.45, 2.75) is 110 Å². The van der Waals surface area contributed by atoms with Crippen LogP contribution in [0.4, 0.5) is 4.39 Å². The predicted molar refractivity (Wildman–Crippen MR) is 134 cm³/mol. The molecule has 18 heteroatoms. The zero-order chi connectivity index (χ0) is 33.3. The molecule has 2 saturated heterocycles. The van der Waals surface area contributed by atoms with Gasteiger partial charge in [-0.15, -0.1) is 0 Å². The Morgan fingerprint density at radius 3 is 1.27 bits per heavy atom. The molecule has 0 aliphatic carbocycles. The monoisotopic (exact) mass is 638 g/mol. The van der Waals surface area contributed by atoms with E-state index in [0.29, 0.717) is 0 Å². The molecule has 10 atom stereocenters. The number of hydrogen-bond donors (Lipinski definition) is 0. The first-order valence-electron chi connectivity index (χ1n) is 13.2. The molecular weight excluding hydrogens is 603 g/mol. The smallest absolute Gasteiger partial charge is 0.303 e. The van der Waals surface area contributed by atoms with E-state index in [-0.39, 0.29) is 0 Å². The summed E-state index contributed by atoms with van der Waals surface area (Å²) in [6, 6.07) is 0. The fourth-order valence-corrected chi connectivity index (χ4v) is 4.46. The van der Waals surface area contributed by atoms with Gasteiger partial charge in [0.25, 0.3) is 0 Å². The Balaban J connectivity index is 2.66. The maximum atomic E-state index is 15.2. The minimum absolute atomic E-state index is 0.592. The zero-order valence-corrected chi connectivity index (χ0v) is 25.0. The summed E-state index contributed by atoms with van der Waals surface area (Å²) in [5.41, 5.74) is 0. The molecule has 2 heterocycles. The number of carbonyl (C=O) groups excluding carboxylic acids is 7. The van der Waals surface area contributed by atoms with Gasteiger partial charge in [0, 0.05) is 48.5 Å². The van der Waals surface area contributed by atoms with Gasteiger partial charge in [0.2, 0.25) is 6.36 Å². The molecule has 44 heavy (non-hydrogen) atoms. The molecule has 2 rings (SSSR count). The van der Waals surface area contributed by atoms with Crippen molar-refractivity contribution >= 4 is 41.8 Å². The van der Waals surface area contributed by atoms with Crippen molar-refractivity contribution in [3.63, 3.8) is 0 Å². The Hall–Kier alpha value is -3.90. The highest BCUT2D eigenvalue weighted by Gasteiger charge is 2.57. The van der Waals surface area contributed by atoms with Crippen molar-refractivity contribution in [2.75, 3.05) is 13.2 Å². The maximum absolute atomic E-state index is 15.2. The Morgan fingerprint density at radius 1 is 0.477 bits per heavy atom. The summed E-state index contributed by atoms with van der Waals surface area (Å²) in [6.45, 7) is 5.83. The number of rotatable bonds is 11. The van der Waals surface area contributed by atoms with Crippen LogP contribution in [0.5, 0.6) is 0 Å². The van der Waals surface area contributed by atoms with Gasteiger partial charge in [-0.25, -0.2) is 4.39 Å². The third kappa shape index (κ3) is 10.7. The lowest BCUT2D eigenvalue weighted by atomic mass is 9.96. The van der Waals surface area contributed by atoms with E-state index in [0.717, 1.165) is 48.5 Å². The molecule has 0 aromatic carbocycles. The zero-order valence-electron chi connectivity index (χ0n) is 25.0. The standard InChI is InChI=1S/C26H35FO17/c1-10(28)35-8-17-20(21(38-13(4)31)23(25(27)42-17)40-15(6)33)44-26-24(41-16(7)34)22(39-14(5)32)19(37-12(3)30)18(43-26)9-36-11(2)29/h17-26H,8-9H2,1-7H3/t17?,18?,19-,20-,21?,22?,23+,24+,25?,26+/m1/s1. The van der Waals surface area contributed by atoms with Crippen molar-refractivity contribution in [1.82, 2.24) is 0 Å². The van der Waals surface area contributed by atoms with Crippen molar-refractivity contribution in [2.24, 2.45) is 0 Å². The molecule has 0 saturated carbocycles. The molecule has 0 aromatic heterocycles. The fourth-order valence-electron chi connectivity index (χ4n) is 4.46. The van der Waals surface area contributed by atoms with Crippen LogP contribution in [0.1, 0.15) is 48.5 Å². The van der Waals surface area contributed by atoms with Gasteiger partial charge in [-0.3, -0.25) is 33.6 Å². The molecular formula is C26H35FO17. The van der Waals surface area contributed by atoms with Gasteiger partial charge in [0.15, 0.2) is 36.8 Å². The van der Waals surface area contributed by atoms with Crippen LogP contribution < -0.4 is 0 Å². The summed E-state index contributed by atoms with van der Waals surface area (Å²) >= 11 is 0. The Morgan fingerprint density at radius 2 is 0.841 bits per heavy atom. The molecule has 0 bridgehead atoms. The lowest BCUT2D eigenvalue weighted by Crippen LogP contribution is -2.66. The Kier molecular flexibility index (Phi) is 13.4. The first-order valence-corrected chi connectivity index (χ1v) is 13.2. The van der Waals surface area contributed by atoms with E-state index in [2.05, 4.69) is 0 Å². The van der Waals surface area contributed by atoms with Crippen LogP contribution in [0.25, 0.3) is 0 Å². The maximum Gasteiger partial charge on any atom is 0.303 e. The lowest BCUT2D eigenvalue weighted by Gasteiger charge is -2.47. The second-order valence-electron chi connectivity index (χ2n) is 9.64. The van der Waals surface area contributed by atoms with Gasteiger partial charge < -0.3 is 47.4 Å². The normalized spacial score (nSPS) is 31.5. The van der Waals surface area contributed by atoms with Gasteiger partial charge >= 0.3 is 41.8 Å². The Labute approximate surface area is 250 Å². The highest BCUT2D eigenvalue weighted by Crippen LogP contribution is 2.35. The van der Waals surface area contributed by atoms with Crippen LogP contribution in [0.2, 0.25) is 0 Å². The van der Waals surface area contributed by atoms with E-state index in [1.807, 2.05) is 0 Å². The summed E-state index contributed by atoms with van der Waals surface area (Å²) in [5, 5.41) is 0. The number of esters is 7. The van der Waals surface area contributed by atoms with Crippen molar-refractivity contribution < 1.29 is 85.3 Å². The predicted octanol–water partition coefficient (Wildman–Crippen LogP) is -0.424. The third-order valence-corrected chi connectivity index (χ3v) is 5.87. The van der Waals surface area contributed by atoms with Crippen molar-refractivity contribution in [3.8, 4) is 0 Å². The highest BCUT2D eigenvalue weighted by molar-refractivity contribution is 5.69. The first-order chi connectivity index (χ1) is 20.5. The van der Waals surface area contributed by atoms with Crippen molar-refractivity contribution in [1.29, 1.82) is 0 Å². The van der Waals surface area contributed by atoms with Crippen LogP contribution in [-0.2, 0) is 80.9 Å². The average Bonchev–Trinajstić information content (AvgIpc) is 2.87. The summed E-state index contributed by atoms with van der Waals surface area (Å²) in [7, 11) is 0. The fraction of sp³-hybridized carbons (Fsp3) is 0.731. The summed E-state index contributed by atoms with van der Waals surface area (Å²) < 4.78 is 68.6. The number of carbonyl (C=O) groups is 7. The highest BCUT2D eigenvalue weighted by atomic mass is 19.1. The summed E-state index contributed by atoms with van der Waals surface area (Å²) in [4.78, 5) is 83.3. The molecule has 5 unspecified atom stereocenters. The van der Waals surface area contributed by atoms with Crippen molar-refractivity contribution in [3.05, 3.63) is 0 Å². The molecule has 0 N–H and O–H groups in total. The van der Waals surface area contributed by atoms with Crippen LogP contribution in [0, 0.1) is 0 Å². The molecule has 17 nitrogen and oxygen atoms in total. The topological polar surface area (TPSA) is 212 Å². The number of alkyl halides is 1. The molecule has 0 amide bonds. The average molecular weight is 639 g/mol. The van der Waals surface area contributed by atoms with E-state index in [4.69, 9.17) is 47.4 Å². The van der Waals surface area contributed by atoms with E-state index in [9.17, 15) is 33.6 Å². The lowest BCUT2D eigenvalue weighted by molar-refractivity contribution is -0.351. The van der Waals surface area contributed by atoms with Gasteiger partial charge in [0.05, 0.1) is 0 Å². The van der Waals surface area contributed by atoms with Crippen LogP contribution in [-0.4, -0.2) is 116 Å². The van der Waals surface area contributed by atoms with Crippen LogP contribution in [0.15, 0.2) is 0 Å². The first kappa shape index (κ1) is 36.3. The number of hydrogen-bond acceptors (Lipinski definition) is 17. The van der Waals surface area contributed by atoms with Gasteiger partial charge in [-0.05, 0) is 0 Å². The Bertz CT molecular complexity index is 1090. The number of halogens is 1. The van der Waals surface area contributed by atoms with E-state index < -0.39 is 116 Å². The number of ether oxygens (including phenoxy) is 10. The molecule has 2 aliphatic rings. The molecule has 0 radical (unpaired) electrons.